The van der Waals surface area contributed by atoms with Crippen molar-refractivity contribution in [1.82, 2.24) is 0 Å². The molecule has 0 aliphatic rings. The molecule has 0 unspecified atom stereocenters. The van der Waals surface area contributed by atoms with Crippen molar-refractivity contribution in [2.24, 2.45) is 5.73 Å². The summed E-state index contributed by atoms with van der Waals surface area (Å²) in [5, 5.41) is 0. The Hall–Kier alpha value is -1.93. The quantitative estimate of drug-likeness (QED) is 0.833. The van der Waals surface area contributed by atoms with Crippen molar-refractivity contribution in [1.29, 1.82) is 0 Å². The number of Topliss-reactive ketones (excluding diaryl/α,β-unsaturated/α-hetero) is 1. The number of benzene rings is 2. The SMILES string of the molecule is Cc1cccc(CC(=O)c2ccccc2CCN)c1. The summed E-state index contributed by atoms with van der Waals surface area (Å²) in [5.74, 6) is 0.162. The minimum absolute atomic E-state index is 0.162. The Morgan fingerprint density at radius 3 is 2.63 bits per heavy atom. The van der Waals surface area contributed by atoms with Gasteiger partial charge in [0, 0.05) is 12.0 Å². The van der Waals surface area contributed by atoms with E-state index in [4.69, 9.17) is 5.73 Å². The van der Waals surface area contributed by atoms with Gasteiger partial charge < -0.3 is 5.73 Å². The van der Waals surface area contributed by atoms with E-state index in [1.54, 1.807) is 0 Å². The average Bonchev–Trinajstić information content (AvgIpc) is 2.39. The van der Waals surface area contributed by atoms with Gasteiger partial charge in [-0.3, -0.25) is 4.79 Å². The summed E-state index contributed by atoms with van der Waals surface area (Å²) >= 11 is 0. The van der Waals surface area contributed by atoms with Gasteiger partial charge in [0.15, 0.2) is 5.78 Å². The molecule has 0 aliphatic heterocycles. The molecule has 2 aromatic carbocycles. The number of nitrogens with two attached hydrogens (primary N) is 1. The maximum Gasteiger partial charge on any atom is 0.167 e. The summed E-state index contributed by atoms with van der Waals surface area (Å²) < 4.78 is 0. The number of hydrogen-bond donors (Lipinski definition) is 1. The zero-order chi connectivity index (χ0) is 13.7. The van der Waals surface area contributed by atoms with Crippen molar-refractivity contribution in [2.45, 2.75) is 19.8 Å². The third kappa shape index (κ3) is 3.52. The standard InChI is InChI=1S/C17H19NO/c1-13-5-4-6-14(11-13)12-17(19)16-8-3-2-7-15(16)9-10-18/h2-8,11H,9-10,12,18H2,1H3. The van der Waals surface area contributed by atoms with Gasteiger partial charge in [-0.15, -0.1) is 0 Å². The van der Waals surface area contributed by atoms with E-state index in [9.17, 15) is 4.79 Å². The predicted octanol–water partition coefficient (Wildman–Crippen LogP) is 2.92. The molecule has 0 aromatic heterocycles. The summed E-state index contributed by atoms with van der Waals surface area (Å²) in [6.07, 6.45) is 1.19. The van der Waals surface area contributed by atoms with E-state index < -0.39 is 0 Å². The number of carbonyl (C=O) groups excluding carboxylic acids is 1. The molecule has 0 atom stereocenters. The highest BCUT2D eigenvalue weighted by atomic mass is 16.1. The highest BCUT2D eigenvalue weighted by Crippen LogP contribution is 2.14. The molecule has 0 amide bonds. The van der Waals surface area contributed by atoms with Crippen LogP contribution in [-0.4, -0.2) is 12.3 Å². The molecule has 0 bridgehead atoms. The van der Waals surface area contributed by atoms with Crippen LogP contribution in [0.2, 0.25) is 0 Å². The molecule has 0 saturated heterocycles. The Morgan fingerprint density at radius 1 is 1.11 bits per heavy atom. The third-order valence-corrected chi connectivity index (χ3v) is 3.18. The molecular weight excluding hydrogens is 234 g/mol. The highest BCUT2D eigenvalue weighted by molar-refractivity contribution is 5.98. The zero-order valence-electron chi connectivity index (χ0n) is 11.2. The van der Waals surface area contributed by atoms with Crippen LogP contribution < -0.4 is 5.73 Å². The van der Waals surface area contributed by atoms with Crippen molar-refractivity contribution in [3.05, 3.63) is 70.8 Å². The van der Waals surface area contributed by atoms with Gasteiger partial charge in [0.1, 0.15) is 0 Å². The summed E-state index contributed by atoms with van der Waals surface area (Å²) in [4.78, 5) is 12.4. The fraction of sp³-hybridized carbons (Fsp3) is 0.235. The van der Waals surface area contributed by atoms with E-state index in [2.05, 4.69) is 6.07 Å². The molecule has 2 rings (SSSR count). The van der Waals surface area contributed by atoms with Gasteiger partial charge in [0.05, 0.1) is 0 Å². The largest absolute Gasteiger partial charge is 0.330 e. The van der Waals surface area contributed by atoms with Crippen LogP contribution in [0.25, 0.3) is 0 Å². The Kier molecular flexibility index (Phi) is 4.48. The Bertz CT molecular complexity index is 575. The van der Waals surface area contributed by atoms with Crippen LogP contribution in [0.4, 0.5) is 0 Å². The molecule has 0 fully saturated rings. The maximum atomic E-state index is 12.4. The number of aryl methyl sites for hydroxylation is 1. The van der Waals surface area contributed by atoms with E-state index >= 15 is 0 Å². The number of carbonyl (C=O) groups is 1. The van der Waals surface area contributed by atoms with Crippen LogP contribution >= 0.6 is 0 Å². The molecule has 0 heterocycles. The smallest absolute Gasteiger partial charge is 0.167 e. The van der Waals surface area contributed by atoms with Crippen LogP contribution in [0.1, 0.15) is 27.0 Å². The van der Waals surface area contributed by atoms with Crippen LogP contribution in [0, 0.1) is 6.92 Å². The van der Waals surface area contributed by atoms with Gasteiger partial charge in [0.2, 0.25) is 0 Å². The van der Waals surface area contributed by atoms with Crippen LogP contribution in [0.5, 0.6) is 0 Å². The average molecular weight is 253 g/mol. The monoisotopic (exact) mass is 253 g/mol. The summed E-state index contributed by atoms with van der Waals surface area (Å²) in [6, 6.07) is 15.8. The molecule has 0 radical (unpaired) electrons. The van der Waals surface area contributed by atoms with Crippen molar-refractivity contribution in [3.63, 3.8) is 0 Å². The van der Waals surface area contributed by atoms with E-state index in [1.165, 1.54) is 5.56 Å². The molecule has 2 heteroatoms. The normalized spacial score (nSPS) is 10.4. The first-order chi connectivity index (χ1) is 9.20. The Balaban J connectivity index is 2.20. The molecule has 2 N–H and O–H groups in total. The van der Waals surface area contributed by atoms with Gasteiger partial charge in [-0.1, -0.05) is 54.1 Å². The lowest BCUT2D eigenvalue weighted by molar-refractivity contribution is 0.0992. The van der Waals surface area contributed by atoms with E-state index in [-0.39, 0.29) is 5.78 Å². The third-order valence-electron chi connectivity index (χ3n) is 3.18. The Labute approximate surface area is 114 Å². The number of hydrogen-bond acceptors (Lipinski definition) is 2. The van der Waals surface area contributed by atoms with Crippen molar-refractivity contribution < 1.29 is 4.79 Å². The van der Waals surface area contributed by atoms with Crippen LogP contribution in [-0.2, 0) is 12.8 Å². The second-order valence-electron chi connectivity index (χ2n) is 4.78. The first-order valence-corrected chi connectivity index (χ1v) is 6.57. The number of rotatable bonds is 5. The molecule has 2 aromatic rings. The molecular formula is C17H19NO. The molecule has 98 valence electrons. The molecule has 0 spiro atoms. The lowest BCUT2D eigenvalue weighted by atomic mass is 9.96. The van der Waals surface area contributed by atoms with Crippen LogP contribution in [0.3, 0.4) is 0 Å². The van der Waals surface area contributed by atoms with E-state index in [0.717, 1.165) is 23.1 Å². The highest BCUT2D eigenvalue weighted by Gasteiger charge is 2.11. The molecule has 0 aliphatic carbocycles. The summed E-state index contributed by atoms with van der Waals surface area (Å²) in [6.45, 7) is 2.60. The second kappa shape index (κ2) is 6.30. The van der Waals surface area contributed by atoms with Gasteiger partial charge in [0.25, 0.3) is 0 Å². The minimum Gasteiger partial charge on any atom is -0.330 e. The van der Waals surface area contributed by atoms with E-state index in [1.807, 2.05) is 49.4 Å². The fourth-order valence-corrected chi connectivity index (χ4v) is 2.27. The van der Waals surface area contributed by atoms with Gasteiger partial charge in [-0.25, -0.2) is 0 Å². The first-order valence-electron chi connectivity index (χ1n) is 6.57. The Morgan fingerprint density at radius 2 is 1.89 bits per heavy atom. The number of ketones is 1. The van der Waals surface area contributed by atoms with Crippen molar-refractivity contribution in [2.75, 3.05) is 6.54 Å². The van der Waals surface area contributed by atoms with E-state index in [0.29, 0.717) is 13.0 Å². The summed E-state index contributed by atoms with van der Waals surface area (Å²) in [5.41, 5.74) is 9.68. The van der Waals surface area contributed by atoms with Gasteiger partial charge in [-0.05, 0) is 31.0 Å². The summed E-state index contributed by atoms with van der Waals surface area (Å²) in [7, 11) is 0. The molecule has 0 saturated carbocycles. The maximum absolute atomic E-state index is 12.4. The molecule has 2 nitrogen and oxygen atoms in total. The van der Waals surface area contributed by atoms with Crippen molar-refractivity contribution in [3.8, 4) is 0 Å². The predicted molar refractivity (Wildman–Crippen MR) is 78.4 cm³/mol. The lowest BCUT2D eigenvalue weighted by Gasteiger charge is -2.08. The zero-order valence-corrected chi connectivity index (χ0v) is 11.2. The molecule has 19 heavy (non-hydrogen) atoms. The minimum atomic E-state index is 0.162. The lowest BCUT2D eigenvalue weighted by Crippen LogP contribution is -2.10. The first kappa shape index (κ1) is 13.5. The van der Waals surface area contributed by atoms with Gasteiger partial charge >= 0.3 is 0 Å². The van der Waals surface area contributed by atoms with Gasteiger partial charge in [-0.2, -0.15) is 0 Å². The fourth-order valence-electron chi connectivity index (χ4n) is 2.27. The second-order valence-corrected chi connectivity index (χ2v) is 4.78. The topological polar surface area (TPSA) is 43.1 Å². The van der Waals surface area contributed by atoms with Crippen molar-refractivity contribution >= 4 is 5.78 Å². The van der Waals surface area contributed by atoms with Crippen LogP contribution in [0.15, 0.2) is 48.5 Å².